The fourth-order valence-electron chi connectivity index (χ4n) is 2.77. The molecule has 0 heterocycles. The molecule has 3 aromatic carbocycles. The smallest absolute Gasteiger partial charge is 0.252 e. The second kappa shape index (κ2) is 9.77. The molecule has 0 fully saturated rings. The third-order valence-corrected chi connectivity index (χ3v) is 4.61. The summed E-state index contributed by atoms with van der Waals surface area (Å²) in [7, 11) is 1.46. The van der Waals surface area contributed by atoms with Crippen LogP contribution in [0.5, 0.6) is 11.5 Å². The number of carbonyl (C=O) groups excluding carboxylic acids is 1. The van der Waals surface area contributed by atoms with Crippen molar-refractivity contribution in [2.45, 2.75) is 12.6 Å². The highest BCUT2D eigenvalue weighted by molar-refractivity contribution is 6.30. The molecule has 0 bridgehead atoms. The van der Waals surface area contributed by atoms with Crippen molar-refractivity contribution in [3.05, 3.63) is 94.3 Å². The fraction of sp³-hybridized carbons (Fsp3) is 0.130. The predicted molar refractivity (Wildman–Crippen MR) is 111 cm³/mol. The fourth-order valence-corrected chi connectivity index (χ4v) is 2.90. The summed E-state index contributed by atoms with van der Waals surface area (Å²) in [5, 5.41) is 12.5. The monoisotopic (exact) mass is 424 g/mol. The molecule has 0 aliphatic carbocycles. The third kappa shape index (κ3) is 5.07. The summed E-state index contributed by atoms with van der Waals surface area (Å²) in [5.74, 6) is -0.286. The molecule has 5 nitrogen and oxygen atoms in total. The van der Waals surface area contributed by atoms with Gasteiger partial charge in [0.1, 0.15) is 18.5 Å². The first-order chi connectivity index (χ1) is 14.5. The molecule has 3 rings (SSSR count). The van der Waals surface area contributed by atoms with Gasteiger partial charge in [-0.3, -0.25) is 4.79 Å². The van der Waals surface area contributed by atoms with Gasteiger partial charge in [0.05, 0.1) is 13.2 Å². The van der Waals surface area contributed by atoms with E-state index in [2.05, 4.69) is 5.32 Å². The van der Waals surface area contributed by atoms with Crippen molar-refractivity contribution in [3.63, 3.8) is 0 Å². The highest BCUT2D eigenvalue weighted by Gasteiger charge is 2.19. The number of hydrogen-bond acceptors (Lipinski definition) is 4. The molecular weight excluding hydrogens is 407 g/mol. The average molecular weight is 425 g/mol. The molecule has 3 aromatic rings. The Kier molecular flexibility index (Phi) is 6.89. The van der Waals surface area contributed by atoms with Crippen LogP contribution in [-0.4, -0.2) is 13.0 Å². The van der Waals surface area contributed by atoms with E-state index >= 15 is 0 Å². The second-order valence-corrected chi connectivity index (χ2v) is 6.77. The van der Waals surface area contributed by atoms with Gasteiger partial charge < -0.3 is 14.8 Å². The summed E-state index contributed by atoms with van der Waals surface area (Å²) in [6, 6.07) is 18.5. The van der Waals surface area contributed by atoms with Crippen molar-refractivity contribution in [1.82, 2.24) is 5.32 Å². The molecule has 0 saturated heterocycles. The van der Waals surface area contributed by atoms with E-state index < -0.39 is 17.8 Å². The lowest BCUT2D eigenvalue weighted by Crippen LogP contribution is -2.28. The molecule has 30 heavy (non-hydrogen) atoms. The van der Waals surface area contributed by atoms with Gasteiger partial charge in [-0.2, -0.15) is 5.26 Å². The Hall–Kier alpha value is -3.56. The average Bonchev–Trinajstić information content (AvgIpc) is 2.77. The number of amides is 1. The first kappa shape index (κ1) is 21.2. The standard InChI is InChI=1S/C23H18ClFN2O3/c1-29-22-12-16(8-11-21(22)30-14-15-6-9-17(24)10-7-15)23(28)27-20(13-26)18-4-2-3-5-19(18)25/h2-12,20H,14H2,1H3,(H,27,28). The molecule has 1 atom stereocenters. The van der Waals surface area contributed by atoms with E-state index in [0.717, 1.165) is 5.56 Å². The predicted octanol–water partition coefficient (Wildman–Crippen LogP) is 5.06. The van der Waals surface area contributed by atoms with Crippen LogP contribution < -0.4 is 14.8 Å². The Morgan fingerprint density at radius 3 is 2.53 bits per heavy atom. The van der Waals surface area contributed by atoms with Crippen molar-refractivity contribution in [3.8, 4) is 17.6 Å². The van der Waals surface area contributed by atoms with Crippen LogP contribution in [0.15, 0.2) is 66.7 Å². The highest BCUT2D eigenvalue weighted by Crippen LogP contribution is 2.29. The van der Waals surface area contributed by atoms with Gasteiger partial charge in [0, 0.05) is 16.1 Å². The lowest BCUT2D eigenvalue weighted by Gasteiger charge is -2.15. The minimum Gasteiger partial charge on any atom is -0.493 e. The number of hydrogen-bond donors (Lipinski definition) is 1. The number of benzene rings is 3. The molecule has 152 valence electrons. The zero-order valence-corrected chi connectivity index (χ0v) is 16.8. The van der Waals surface area contributed by atoms with Crippen LogP contribution in [0.25, 0.3) is 0 Å². The first-order valence-corrected chi connectivity index (χ1v) is 9.40. The summed E-state index contributed by atoms with van der Waals surface area (Å²) in [4.78, 5) is 12.6. The minimum absolute atomic E-state index is 0.100. The minimum atomic E-state index is -1.12. The van der Waals surface area contributed by atoms with Gasteiger partial charge in [-0.05, 0) is 42.0 Å². The topological polar surface area (TPSA) is 71.3 Å². The van der Waals surface area contributed by atoms with Gasteiger partial charge in [-0.1, -0.05) is 41.9 Å². The van der Waals surface area contributed by atoms with E-state index in [0.29, 0.717) is 23.1 Å². The molecule has 1 N–H and O–H groups in total. The van der Waals surface area contributed by atoms with E-state index in [-0.39, 0.29) is 11.1 Å². The Balaban J connectivity index is 1.73. The first-order valence-electron chi connectivity index (χ1n) is 9.02. The van der Waals surface area contributed by atoms with Crippen LogP contribution in [-0.2, 0) is 6.61 Å². The number of methoxy groups -OCH3 is 1. The normalized spacial score (nSPS) is 11.3. The lowest BCUT2D eigenvalue weighted by atomic mass is 10.1. The molecule has 0 aromatic heterocycles. The highest BCUT2D eigenvalue weighted by atomic mass is 35.5. The maximum Gasteiger partial charge on any atom is 0.252 e. The SMILES string of the molecule is COc1cc(C(=O)NC(C#N)c2ccccc2F)ccc1OCc1ccc(Cl)cc1. The lowest BCUT2D eigenvalue weighted by molar-refractivity contribution is 0.0944. The van der Waals surface area contributed by atoms with Crippen LogP contribution in [0, 0.1) is 17.1 Å². The molecule has 0 aliphatic heterocycles. The molecule has 0 aliphatic rings. The van der Waals surface area contributed by atoms with Gasteiger partial charge in [0.25, 0.3) is 5.91 Å². The van der Waals surface area contributed by atoms with Gasteiger partial charge in [0.15, 0.2) is 11.5 Å². The molecule has 7 heteroatoms. The summed E-state index contributed by atoms with van der Waals surface area (Å²) in [5.41, 5.74) is 1.27. The summed E-state index contributed by atoms with van der Waals surface area (Å²) < 4.78 is 25.1. The summed E-state index contributed by atoms with van der Waals surface area (Å²) in [6.07, 6.45) is 0. The Morgan fingerprint density at radius 2 is 1.87 bits per heavy atom. The van der Waals surface area contributed by atoms with Gasteiger partial charge in [-0.25, -0.2) is 4.39 Å². The van der Waals surface area contributed by atoms with Crippen LogP contribution in [0.4, 0.5) is 4.39 Å². The maximum atomic E-state index is 14.0. The van der Waals surface area contributed by atoms with Crippen LogP contribution in [0.1, 0.15) is 27.5 Å². The Morgan fingerprint density at radius 1 is 1.13 bits per heavy atom. The Bertz CT molecular complexity index is 1080. The molecule has 1 unspecified atom stereocenters. The van der Waals surface area contributed by atoms with E-state index in [1.54, 1.807) is 30.3 Å². The quantitative estimate of drug-likeness (QED) is 0.575. The largest absolute Gasteiger partial charge is 0.493 e. The molecular formula is C23H18ClFN2O3. The number of rotatable bonds is 7. The van der Waals surface area contributed by atoms with Gasteiger partial charge in [0.2, 0.25) is 0 Å². The number of ether oxygens (including phenoxy) is 2. The van der Waals surface area contributed by atoms with Crippen molar-refractivity contribution in [1.29, 1.82) is 5.26 Å². The number of nitriles is 1. The van der Waals surface area contributed by atoms with E-state index in [1.165, 1.54) is 31.4 Å². The van der Waals surface area contributed by atoms with Crippen molar-refractivity contribution < 1.29 is 18.7 Å². The zero-order chi connectivity index (χ0) is 21.5. The van der Waals surface area contributed by atoms with Crippen molar-refractivity contribution in [2.24, 2.45) is 0 Å². The number of nitrogens with one attached hydrogen (secondary N) is 1. The number of nitrogens with zero attached hydrogens (tertiary/aromatic N) is 1. The van der Waals surface area contributed by atoms with Crippen molar-refractivity contribution in [2.75, 3.05) is 7.11 Å². The molecule has 0 saturated carbocycles. The van der Waals surface area contributed by atoms with Crippen LogP contribution in [0.3, 0.4) is 0 Å². The molecule has 0 radical (unpaired) electrons. The number of halogens is 2. The van der Waals surface area contributed by atoms with E-state index in [1.807, 2.05) is 18.2 Å². The zero-order valence-electron chi connectivity index (χ0n) is 16.1. The van der Waals surface area contributed by atoms with Gasteiger partial charge in [-0.15, -0.1) is 0 Å². The third-order valence-electron chi connectivity index (χ3n) is 4.35. The molecule has 0 spiro atoms. The van der Waals surface area contributed by atoms with Crippen LogP contribution in [0.2, 0.25) is 5.02 Å². The van der Waals surface area contributed by atoms with Gasteiger partial charge >= 0.3 is 0 Å². The maximum absolute atomic E-state index is 14.0. The molecule has 1 amide bonds. The number of carbonyl (C=O) groups is 1. The summed E-state index contributed by atoms with van der Waals surface area (Å²) in [6.45, 7) is 0.295. The van der Waals surface area contributed by atoms with Crippen molar-refractivity contribution >= 4 is 17.5 Å². The van der Waals surface area contributed by atoms with E-state index in [4.69, 9.17) is 21.1 Å². The van der Waals surface area contributed by atoms with E-state index in [9.17, 15) is 14.4 Å². The second-order valence-electron chi connectivity index (χ2n) is 6.34. The summed E-state index contributed by atoms with van der Waals surface area (Å²) >= 11 is 5.88. The van der Waals surface area contributed by atoms with Crippen LogP contribution >= 0.6 is 11.6 Å². The Labute approximate surface area is 178 Å².